The van der Waals surface area contributed by atoms with E-state index in [9.17, 15) is 9.59 Å². The van der Waals surface area contributed by atoms with Crippen molar-refractivity contribution in [1.82, 2.24) is 9.80 Å². The van der Waals surface area contributed by atoms with E-state index in [1.54, 1.807) is 30.9 Å². The number of hydrogen-bond acceptors (Lipinski definition) is 5. The van der Waals surface area contributed by atoms with Gasteiger partial charge in [-0.15, -0.1) is 0 Å². The molecule has 2 rings (SSSR count). The van der Waals surface area contributed by atoms with Crippen molar-refractivity contribution in [3.05, 3.63) is 23.3 Å². The molecule has 0 bridgehead atoms. The van der Waals surface area contributed by atoms with Crippen molar-refractivity contribution in [2.45, 2.75) is 20.3 Å². The van der Waals surface area contributed by atoms with E-state index in [1.165, 1.54) is 0 Å². The zero-order chi connectivity index (χ0) is 18.4. The molecule has 0 radical (unpaired) electrons. The molecule has 0 saturated carbocycles. The zero-order valence-corrected chi connectivity index (χ0v) is 15.3. The van der Waals surface area contributed by atoms with Gasteiger partial charge in [0.1, 0.15) is 11.5 Å². The summed E-state index contributed by atoms with van der Waals surface area (Å²) in [5.41, 5.74) is 1.75. The Morgan fingerprint density at radius 2 is 1.60 bits per heavy atom. The van der Waals surface area contributed by atoms with E-state index in [1.807, 2.05) is 19.1 Å². The van der Waals surface area contributed by atoms with Crippen LogP contribution in [0.15, 0.2) is 12.1 Å². The molecular weight excluding hydrogens is 324 g/mol. The molecule has 0 aromatic heterocycles. The van der Waals surface area contributed by atoms with Crippen LogP contribution in [-0.2, 0) is 16.0 Å². The molecule has 7 nitrogen and oxygen atoms in total. The number of rotatable bonds is 5. The summed E-state index contributed by atoms with van der Waals surface area (Å²) >= 11 is 0. The minimum Gasteiger partial charge on any atom is -0.496 e. The average molecular weight is 350 g/mol. The second-order valence-corrected chi connectivity index (χ2v) is 5.88. The molecule has 1 aromatic carbocycles. The highest BCUT2D eigenvalue weighted by Crippen LogP contribution is 2.29. The fourth-order valence-corrected chi connectivity index (χ4v) is 2.88. The highest BCUT2D eigenvalue weighted by atomic mass is 16.6. The lowest BCUT2D eigenvalue weighted by atomic mass is 10.1. The fraction of sp³-hybridized carbons (Fsp3) is 0.556. The predicted molar refractivity (Wildman–Crippen MR) is 93.2 cm³/mol. The van der Waals surface area contributed by atoms with Gasteiger partial charge in [-0.25, -0.2) is 4.79 Å². The molecule has 138 valence electrons. The third kappa shape index (κ3) is 4.55. The molecule has 1 aliphatic heterocycles. The van der Waals surface area contributed by atoms with Crippen molar-refractivity contribution in [1.29, 1.82) is 0 Å². The molecule has 0 aliphatic carbocycles. The van der Waals surface area contributed by atoms with Crippen LogP contribution in [0.4, 0.5) is 4.79 Å². The van der Waals surface area contributed by atoms with E-state index in [-0.39, 0.29) is 18.4 Å². The molecule has 1 fully saturated rings. The molecule has 1 aliphatic rings. The molecule has 1 aromatic rings. The number of hydrogen-bond donors (Lipinski definition) is 0. The Bertz CT molecular complexity index is 624. The van der Waals surface area contributed by atoms with Crippen LogP contribution in [0, 0.1) is 6.92 Å². The van der Waals surface area contributed by atoms with E-state index in [0.29, 0.717) is 38.5 Å². The summed E-state index contributed by atoms with van der Waals surface area (Å²) in [7, 11) is 3.20. The average Bonchev–Trinajstić information content (AvgIpc) is 2.63. The number of carbonyl (C=O) groups is 2. The van der Waals surface area contributed by atoms with Crippen LogP contribution in [0.1, 0.15) is 18.1 Å². The Hall–Kier alpha value is -2.44. The summed E-state index contributed by atoms with van der Waals surface area (Å²) < 4.78 is 15.7. The summed E-state index contributed by atoms with van der Waals surface area (Å²) in [5.74, 6) is 1.42. The van der Waals surface area contributed by atoms with Crippen LogP contribution in [-0.4, -0.2) is 68.8 Å². The summed E-state index contributed by atoms with van der Waals surface area (Å²) in [6.45, 7) is 6.04. The van der Waals surface area contributed by atoms with Crippen LogP contribution >= 0.6 is 0 Å². The van der Waals surface area contributed by atoms with Gasteiger partial charge in [-0.2, -0.15) is 0 Å². The topological polar surface area (TPSA) is 68.3 Å². The van der Waals surface area contributed by atoms with Gasteiger partial charge >= 0.3 is 6.09 Å². The van der Waals surface area contributed by atoms with Crippen LogP contribution in [0.3, 0.4) is 0 Å². The molecule has 2 amide bonds. The maximum Gasteiger partial charge on any atom is 0.409 e. The van der Waals surface area contributed by atoms with Gasteiger partial charge in [0.2, 0.25) is 5.91 Å². The number of aryl methyl sites for hydroxylation is 1. The lowest BCUT2D eigenvalue weighted by Gasteiger charge is -2.34. The third-order valence-corrected chi connectivity index (χ3v) is 4.30. The van der Waals surface area contributed by atoms with Gasteiger partial charge in [0, 0.05) is 31.7 Å². The quantitative estimate of drug-likeness (QED) is 0.811. The SMILES string of the molecule is CCOC(=O)N1CCN(C(=O)Cc2cc(OC)c(C)cc2OC)CC1. The lowest BCUT2D eigenvalue weighted by molar-refractivity contribution is -0.132. The fourth-order valence-electron chi connectivity index (χ4n) is 2.88. The van der Waals surface area contributed by atoms with E-state index in [2.05, 4.69) is 0 Å². The molecule has 25 heavy (non-hydrogen) atoms. The number of ether oxygens (including phenoxy) is 3. The van der Waals surface area contributed by atoms with Crippen LogP contribution in [0.25, 0.3) is 0 Å². The van der Waals surface area contributed by atoms with Crippen molar-refractivity contribution < 1.29 is 23.8 Å². The molecule has 1 heterocycles. The Morgan fingerprint density at radius 3 is 2.16 bits per heavy atom. The first kappa shape index (κ1) is 18.9. The normalized spacial score (nSPS) is 14.2. The first-order chi connectivity index (χ1) is 12.0. The minimum absolute atomic E-state index is 0.00714. The number of amides is 2. The van der Waals surface area contributed by atoms with Gasteiger partial charge in [-0.3, -0.25) is 4.79 Å². The van der Waals surface area contributed by atoms with E-state index in [4.69, 9.17) is 14.2 Å². The standard InChI is InChI=1S/C18H26N2O5/c1-5-25-18(22)20-8-6-19(7-9-20)17(21)12-14-11-15(23-3)13(2)10-16(14)24-4/h10-11H,5-9,12H2,1-4H3. The Morgan fingerprint density at radius 1 is 1.00 bits per heavy atom. The van der Waals surface area contributed by atoms with E-state index in [0.717, 1.165) is 16.9 Å². The summed E-state index contributed by atoms with van der Waals surface area (Å²) in [5, 5.41) is 0. The number of benzene rings is 1. The minimum atomic E-state index is -0.320. The molecule has 0 unspecified atom stereocenters. The zero-order valence-electron chi connectivity index (χ0n) is 15.3. The van der Waals surface area contributed by atoms with Gasteiger partial charge < -0.3 is 24.0 Å². The first-order valence-electron chi connectivity index (χ1n) is 8.41. The molecule has 1 saturated heterocycles. The highest BCUT2D eigenvalue weighted by Gasteiger charge is 2.25. The largest absolute Gasteiger partial charge is 0.496 e. The van der Waals surface area contributed by atoms with E-state index >= 15 is 0 Å². The van der Waals surface area contributed by atoms with Crippen molar-refractivity contribution in [3.63, 3.8) is 0 Å². The van der Waals surface area contributed by atoms with Gasteiger partial charge in [0.15, 0.2) is 0 Å². The maximum atomic E-state index is 12.6. The molecule has 0 spiro atoms. The highest BCUT2D eigenvalue weighted by molar-refractivity contribution is 5.80. The second kappa shape index (κ2) is 8.60. The molecule has 7 heteroatoms. The van der Waals surface area contributed by atoms with Crippen molar-refractivity contribution in [2.75, 3.05) is 47.0 Å². The molecule has 0 atom stereocenters. The number of methoxy groups -OCH3 is 2. The predicted octanol–water partition coefficient (Wildman–Crippen LogP) is 1.86. The third-order valence-electron chi connectivity index (χ3n) is 4.30. The van der Waals surface area contributed by atoms with Crippen LogP contribution in [0.5, 0.6) is 11.5 Å². The molecule has 0 N–H and O–H groups in total. The van der Waals surface area contributed by atoms with E-state index < -0.39 is 0 Å². The van der Waals surface area contributed by atoms with Gasteiger partial charge in [0.25, 0.3) is 0 Å². The summed E-state index contributed by atoms with van der Waals surface area (Å²) in [6, 6.07) is 3.72. The van der Waals surface area contributed by atoms with Crippen molar-refractivity contribution >= 4 is 12.0 Å². The Kier molecular flexibility index (Phi) is 6.50. The smallest absolute Gasteiger partial charge is 0.409 e. The monoisotopic (exact) mass is 350 g/mol. The van der Waals surface area contributed by atoms with Gasteiger partial charge in [-0.05, 0) is 31.5 Å². The molecular formula is C18H26N2O5. The van der Waals surface area contributed by atoms with Crippen LogP contribution < -0.4 is 9.47 Å². The lowest BCUT2D eigenvalue weighted by Crippen LogP contribution is -2.51. The van der Waals surface area contributed by atoms with Crippen molar-refractivity contribution in [3.8, 4) is 11.5 Å². The maximum absolute atomic E-state index is 12.6. The number of piperazine rings is 1. The van der Waals surface area contributed by atoms with Gasteiger partial charge in [0.05, 0.1) is 27.2 Å². The Balaban J connectivity index is 2.00. The number of carbonyl (C=O) groups excluding carboxylic acids is 2. The van der Waals surface area contributed by atoms with Crippen LogP contribution in [0.2, 0.25) is 0 Å². The Labute approximate surface area is 148 Å². The van der Waals surface area contributed by atoms with Gasteiger partial charge in [-0.1, -0.05) is 0 Å². The first-order valence-corrected chi connectivity index (χ1v) is 8.41. The summed E-state index contributed by atoms with van der Waals surface area (Å²) in [6.07, 6.45) is -0.0845. The number of nitrogens with zero attached hydrogens (tertiary/aromatic N) is 2. The summed E-state index contributed by atoms with van der Waals surface area (Å²) in [4.78, 5) is 27.7. The second-order valence-electron chi connectivity index (χ2n) is 5.88. The van der Waals surface area contributed by atoms with Crippen molar-refractivity contribution in [2.24, 2.45) is 0 Å².